The van der Waals surface area contributed by atoms with Gasteiger partial charge >= 0.3 is 0 Å². The lowest BCUT2D eigenvalue weighted by Gasteiger charge is -2.42. The van der Waals surface area contributed by atoms with Gasteiger partial charge in [-0.05, 0) is 62.1 Å². The second kappa shape index (κ2) is 8.91. The second-order valence-electron chi connectivity index (χ2n) is 10.1. The molecule has 1 N–H and O–H groups in total. The zero-order valence-electron chi connectivity index (χ0n) is 20.7. The van der Waals surface area contributed by atoms with E-state index in [2.05, 4.69) is 15.9 Å². The van der Waals surface area contributed by atoms with Gasteiger partial charge in [-0.15, -0.1) is 0 Å². The molecule has 8 heteroatoms. The molecule has 0 aromatic heterocycles. The van der Waals surface area contributed by atoms with Crippen LogP contribution in [0.5, 0.6) is 11.5 Å². The number of allylic oxidation sites excluding steroid dienone is 6. The standard InChI is InChI=1S/C30H24BrNO6/c1-14-11-23(33)22-13-21-18(25(27(22)28(14)35)19-8-7-17(38-2)12-24(19)34)9-10-20-26(21)30(37)32(29(20)36)16-5-3-15(31)4-6-16/h3-9,11-12,20-21,25-26,34H,10,13H2,1-2H3/t20-,21+,25+,26-/m0/s1. The number of imide groups is 1. The molecule has 0 bridgehead atoms. The monoisotopic (exact) mass is 573 g/mol. The quantitative estimate of drug-likeness (QED) is 0.321. The number of Topliss-reactive ketones (excluding diaryl/α,β-unsaturated/α-hetero) is 1. The SMILES string of the molecule is COc1ccc([C@H]2C3=CC[C@@H]4C(=O)N(c5ccc(Br)cc5)C(=O)[C@@H]4[C@@H]3CC3=C2C(=O)C(C)=CC3=O)c(O)c1. The number of carbonyl (C=O) groups excluding carboxylic acids is 4. The predicted molar refractivity (Wildman–Crippen MR) is 143 cm³/mol. The summed E-state index contributed by atoms with van der Waals surface area (Å²) in [6, 6.07) is 11.9. The molecule has 4 atom stereocenters. The lowest BCUT2D eigenvalue weighted by molar-refractivity contribution is -0.123. The molecule has 1 aliphatic heterocycles. The number of halogens is 1. The van der Waals surface area contributed by atoms with Crippen molar-refractivity contribution in [1.82, 2.24) is 0 Å². The fourth-order valence-electron chi connectivity index (χ4n) is 6.46. The molecule has 38 heavy (non-hydrogen) atoms. The van der Waals surface area contributed by atoms with E-state index in [4.69, 9.17) is 4.74 Å². The summed E-state index contributed by atoms with van der Waals surface area (Å²) in [5.74, 6) is -3.08. The number of amides is 2. The lowest BCUT2D eigenvalue weighted by Crippen LogP contribution is -2.39. The number of hydrogen-bond acceptors (Lipinski definition) is 6. The van der Waals surface area contributed by atoms with Crippen molar-refractivity contribution >= 4 is 45.0 Å². The summed E-state index contributed by atoms with van der Waals surface area (Å²) in [6.45, 7) is 1.61. The largest absolute Gasteiger partial charge is 0.507 e. The minimum absolute atomic E-state index is 0.0670. The number of rotatable bonds is 3. The number of hydrogen-bond donors (Lipinski definition) is 1. The molecule has 2 aromatic carbocycles. The third kappa shape index (κ3) is 3.54. The summed E-state index contributed by atoms with van der Waals surface area (Å²) in [5, 5.41) is 11.0. The molecule has 3 aliphatic carbocycles. The smallest absolute Gasteiger partial charge is 0.238 e. The van der Waals surface area contributed by atoms with Crippen molar-refractivity contribution < 1.29 is 29.0 Å². The van der Waals surface area contributed by atoms with Crippen LogP contribution in [0, 0.1) is 17.8 Å². The molecule has 6 rings (SSSR count). The molecule has 0 spiro atoms. The van der Waals surface area contributed by atoms with Gasteiger partial charge in [0.2, 0.25) is 11.8 Å². The van der Waals surface area contributed by atoms with Crippen LogP contribution < -0.4 is 9.64 Å². The molecule has 1 heterocycles. The average molecular weight is 574 g/mol. The number of benzene rings is 2. The summed E-state index contributed by atoms with van der Waals surface area (Å²) < 4.78 is 6.08. The number of anilines is 1. The number of carbonyl (C=O) groups is 4. The summed E-state index contributed by atoms with van der Waals surface area (Å²) in [4.78, 5) is 55.3. The van der Waals surface area contributed by atoms with Crippen LogP contribution in [0.1, 0.15) is 31.2 Å². The van der Waals surface area contributed by atoms with Crippen molar-refractivity contribution in [2.75, 3.05) is 12.0 Å². The van der Waals surface area contributed by atoms with Crippen molar-refractivity contribution in [3.63, 3.8) is 0 Å². The van der Waals surface area contributed by atoms with Gasteiger partial charge < -0.3 is 9.84 Å². The molecule has 0 radical (unpaired) electrons. The summed E-state index contributed by atoms with van der Waals surface area (Å²) in [5.41, 5.74) is 2.80. The van der Waals surface area contributed by atoms with Crippen LogP contribution in [0.25, 0.3) is 0 Å². The molecule has 1 fully saturated rings. The normalized spacial score (nSPS) is 26.6. The number of nitrogens with zero attached hydrogens (tertiary/aromatic N) is 1. The van der Waals surface area contributed by atoms with Crippen molar-refractivity contribution in [3.8, 4) is 11.5 Å². The summed E-state index contributed by atoms with van der Waals surface area (Å²) in [7, 11) is 1.49. The maximum atomic E-state index is 13.9. The van der Waals surface area contributed by atoms with Crippen LogP contribution in [0.2, 0.25) is 0 Å². The fraction of sp³-hybridized carbons (Fsp3) is 0.267. The van der Waals surface area contributed by atoms with E-state index in [0.717, 1.165) is 10.0 Å². The van der Waals surface area contributed by atoms with Crippen molar-refractivity contribution in [2.45, 2.75) is 25.7 Å². The van der Waals surface area contributed by atoms with Crippen LogP contribution in [0.4, 0.5) is 5.69 Å². The van der Waals surface area contributed by atoms with E-state index in [1.54, 1.807) is 43.3 Å². The molecular weight excluding hydrogens is 550 g/mol. The van der Waals surface area contributed by atoms with Gasteiger partial charge in [-0.2, -0.15) is 0 Å². The van der Waals surface area contributed by atoms with Gasteiger partial charge in [0.25, 0.3) is 0 Å². The first kappa shape index (κ1) is 24.6. The number of methoxy groups -OCH3 is 1. The molecule has 0 saturated carbocycles. The topological polar surface area (TPSA) is 101 Å². The Morgan fingerprint density at radius 1 is 1.00 bits per heavy atom. The van der Waals surface area contributed by atoms with Crippen molar-refractivity contribution in [3.05, 3.63) is 86.9 Å². The number of phenolic OH excluding ortho intramolecular Hbond substituents is 1. The highest BCUT2D eigenvalue weighted by atomic mass is 79.9. The van der Waals surface area contributed by atoms with Crippen LogP contribution in [0.3, 0.4) is 0 Å². The number of ketones is 2. The van der Waals surface area contributed by atoms with Gasteiger partial charge in [0.15, 0.2) is 11.6 Å². The lowest BCUT2D eigenvalue weighted by atomic mass is 9.59. The highest BCUT2D eigenvalue weighted by Gasteiger charge is 2.56. The maximum Gasteiger partial charge on any atom is 0.238 e. The van der Waals surface area contributed by atoms with Crippen LogP contribution >= 0.6 is 15.9 Å². The molecule has 1 saturated heterocycles. The van der Waals surface area contributed by atoms with Crippen LogP contribution in [-0.2, 0) is 19.2 Å². The molecule has 7 nitrogen and oxygen atoms in total. The van der Waals surface area contributed by atoms with E-state index in [1.807, 2.05) is 6.08 Å². The second-order valence-corrected chi connectivity index (χ2v) is 11.1. The van der Waals surface area contributed by atoms with E-state index >= 15 is 0 Å². The zero-order chi connectivity index (χ0) is 26.9. The van der Waals surface area contributed by atoms with E-state index in [0.29, 0.717) is 40.1 Å². The number of fused-ring (bicyclic) bond motifs is 3. The molecule has 2 amide bonds. The van der Waals surface area contributed by atoms with Crippen molar-refractivity contribution in [1.29, 1.82) is 0 Å². The molecule has 0 unspecified atom stereocenters. The van der Waals surface area contributed by atoms with Crippen molar-refractivity contribution in [2.24, 2.45) is 17.8 Å². The Morgan fingerprint density at radius 3 is 2.42 bits per heavy atom. The molecule has 192 valence electrons. The van der Waals surface area contributed by atoms with Gasteiger partial charge in [-0.3, -0.25) is 24.1 Å². The van der Waals surface area contributed by atoms with E-state index in [1.165, 1.54) is 24.2 Å². The Labute approximate surface area is 227 Å². The minimum Gasteiger partial charge on any atom is -0.507 e. The van der Waals surface area contributed by atoms with Gasteiger partial charge in [0, 0.05) is 38.7 Å². The Hall–Kier alpha value is -3.78. The van der Waals surface area contributed by atoms with Crippen LogP contribution in [-0.4, -0.2) is 35.6 Å². The third-order valence-electron chi connectivity index (χ3n) is 8.20. The number of phenols is 1. The van der Waals surface area contributed by atoms with Gasteiger partial charge in [-0.1, -0.05) is 33.6 Å². The van der Waals surface area contributed by atoms with Gasteiger partial charge in [0.1, 0.15) is 11.5 Å². The fourth-order valence-corrected chi connectivity index (χ4v) is 6.72. The predicted octanol–water partition coefficient (Wildman–Crippen LogP) is 4.80. The Morgan fingerprint density at radius 2 is 1.74 bits per heavy atom. The first-order chi connectivity index (χ1) is 18.2. The Kier molecular flexibility index (Phi) is 5.76. The molecular formula is C30H24BrNO6. The number of ether oxygens (including phenoxy) is 1. The minimum atomic E-state index is -0.708. The van der Waals surface area contributed by atoms with E-state index < -0.39 is 23.7 Å². The Balaban J connectivity index is 1.49. The van der Waals surface area contributed by atoms with E-state index in [-0.39, 0.29) is 35.6 Å². The highest BCUT2D eigenvalue weighted by Crippen LogP contribution is 2.56. The first-order valence-electron chi connectivity index (χ1n) is 12.4. The first-order valence-corrected chi connectivity index (χ1v) is 13.2. The van der Waals surface area contributed by atoms with Crippen LogP contribution in [0.15, 0.2) is 81.4 Å². The summed E-state index contributed by atoms with van der Waals surface area (Å²) in [6.07, 6.45) is 3.81. The zero-order valence-corrected chi connectivity index (χ0v) is 22.3. The Bertz CT molecular complexity index is 1530. The molecule has 4 aliphatic rings. The van der Waals surface area contributed by atoms with Gasteiger partial charge in [-0.25, -0.2) is 0 Å². The molecule has 2 aromatic rings. The third-order valence-corrected chi connectivity index (χ3v) is 8.73. The van der Waals surface area contributed by atoms with E-state index in [9.17, 15) is 24.3 Å². The highest BCUT2D eigenvalue weighted by molar-refractivity contribution is 9.10. The number of aromatic hydroxyl groups is 1. The maximum absolute atomic E-state index is 13.9. The average Bonchev–Trinajstić information content (AvgIpc) is 3.16. The van der Waals surface area contributed by atoms with Gasteiger partial charge in [0.05, 0.1) is 24.6 Å². The summed E-state index contributed by atoms with van der Waals surface area (Å²) >= 11 is 3.39.